The largest absolute Gasteiger partial charge is 0.350 e. The zero-order chi connectivity index (χ0) is 26.4. The molecule has 0 aliphatic carbocycles. The molecule has 1 amide bonds. The second-order valence-electron chi connectivity index (χ2n) is 9.38. The number of carbonyl (C=O) groups excluding carboxylic acids is 1. The molecule has 4 N–H and O–H groups in total. The molecule has 37 heavy (non-hydrogen) atoms. The van der Waals surface area contributed by atoms with Crippen molar-refractivity contribution < 1.29 is 4.79 Å². The van der Waals surface area contributed by atoms with Crippen LogP contribution in [0.5, 0.6) is 0 Å². The van der Waals surface area contributed by atoms with Crippen LogP contribution in [0.1, 0.15) is 34.7 Å². The summed E-state index contributed by atoms with van der Waals surface area (Å²) >= 11 is 0. The molecule has 0 aliphatic heterocycles. The highest BCUT2D eigenvalue weighted by Gasteiger charge is 2.16. The summed E-state index contributed by atoms with van der Waals surface area (Å²) in [7, 11) is 0. The van der Waals surface area contributed by atoms with Crippen molar-refractivity contribution in [2.75, 3.05) is 16.0 Å². The van der Waals surface area contributed by atoms with Gasteiger partial charge in [-0.3, -0.25) is 4.79 Å². The van der Waals surface area contributed by atoms with Gasteiger partial charge in [-0.05, 0) is 86.7 Å². The first-order valence-electron chi connectivity index (χ1n) is 12.3. The topological polar surface area (TPSA) is 104 Å². The van der Waals surface area contributed by atoms with Crippen LogP contribution in [0.25, 0.3) is 0 Å². The Hall–Kier alpha value is -4.46. The summed E-state index contributed by atoms with van der Waals surface area (Å²) in [4.78, 5) is 26.4. The highest BCUT2D eigenvalue weighted by molar-refractivity contribution is 5.83. The summed E-state index contributed by atoms with van der Waals surface area (Å²) < 4.78 is 0. The van der Waals surface area contributed by atoms with Crippen molar-refractivity contribution in [3.8, 4) is 0 Å². The van der Waals surface area contributed by atoms with Crippen molar-refractivity contribution in [2.24, 2.45) is 0 Å². The van der Waals surface area contributed by atoms with Gasteiger partial charge in [-0.25, -0.2) is 0 Å². The number of nitrogens with zero attached hydrogens (tertiary/aromatic N) is 3. The normalized spacial score (nSPS) is 11.5. The summed E-state index contributed by atoms with van der Waals surface area (Å²) in [6, 6.07) is 21.6. The lowest BCUT2D eigenvalue weighted by molar-refractivity contribution is -0.121. The van der Waals surface area contributed by atoms with Gasteiger partial charge in [0.2, 0.25) is 23.8 Å². The van der Waals surface area contributed by atoms with E-state index in [0.717, 1.165) is 39.2 Å². The lowest BCUT2D eigenvalue weighted by atomic mass is 10.1. The Morgan fingerprint density at radius 2 is 1.16 bits per heavy atom. The Morgan fingerprint density at radius 1 is 0.703 bits per heavy atom. The number of anilines is 5. The Labute approximate surface area is 218 Å². The standard InChI is InChI=1S/C29H33N7O/c1-18-11-19(2)14-24(13-18)32-28-34-27(31-22(5)26(37)30-17-23-9-7-6-8-10-23)35-29(36-28)33-25-15-20(3)12-21(4)16-25/h6-16,22H,17H2,1-5H3,(H,30,37)(H3,31,32,33,34,35,36)/t22-/m0/s1. The van der Waals surface area contributed by atoms with Crippen molar-refractivity contribution in [3.63, 3.8) is 0 Å². The molecule has 8 nitrogen and oxygen atoms in total. The summed E-state index contributed by atoms with van der Waals surface area (Å²) in [5, 5.41) is 12.6. The van der Waals surface area contributed by atoms with Crippen molar-refractivity contribution in [2.45, 2.75) is 47.2 Å². The molecule has 1 aromatic heterocycles. The molecule has 4 rings (SSSR count). The second kappa shape index (κ2) is 11.5. The molecule has 0 fully saturated rings. The third kappa shape index (κ3) is 7.51. The van der Waals surface area contributed by atoms with Crippen molar-refractivity contribution in [1.29, 1.82) is 0 Å². The second-order valence-corrected chi connectivity index (χ2v) is 9.38. The van der Waals surface area contributed by atoms with Gasteiger partial charge in [0.1, 0.15) is 6.04 Å². The van der Waals surface area contributed by atoms with Crippen LogP contribution in [0, 0.1) is 27.7 Å². The molecule has 3 aromatic carbocycles. The molecule has 0 saturated carbocycles. The third-order valence-electron chi connectivity index (χ3n) is 5.64. The molecule has 0 bridgehead atoms. The fraction of sp³-hybridized carbons (Fsp3) is 0.241. The van der Waals surface area contributed by atoms with Crippen molar-refractivity contribution >= 4 is 35.1 Å². The number of hydrogen-bond donors (Lipinski definition) is 4. The van der Waals surface area contributed by atoms with Crippen LogP contribution in [0.2, 0.25) is 0 Å². The van der Waals surface area contributed by atoms with Gasteiger partial charge in [0.15, 0.2) is 0 Å². The maximum atomic E-state index is 12.7. The Balaban J connectivity index is 1.56. The molecule has 0 saturated heterocycles. The highest BCUT2D eigenvalue weighted by Crippen LogP contribution is 2.22. The smallest absolute Gasteiger partial charge is 0.242 e. The van der Waals surface area contributed by atoms with Crippen LogP contribution in [-0.4, -0.2) is 26.9 Å². The maximum absolute atomic E-state index is 12.7. The molecule has 4 aromatic rings. The maximum Gasteiger partial charge on any atom is 0.242 e. The van der Waals surface area contributed by atoms with Gasteiger partial charge in [-0.15, -0.1) is 0 Å². The third-order valence-corrected chi connectivity index (χ3v) is 5.64. The molecular formula is C29H33N7O. The van der Waals surface area contributed by atoms with Crippen LogP contribution in [0.3, 0.4) is 0 Å². The quantitative estimate of drug-likeness (QED) is 0.236. The zero-order valence-corrected chi connectivity index (χ0v) is 21.9. The first-order chi connectivity index (χ1) is 17.7. The van der Waals surface area contributed by atoms with Crippen molar-refractivity contribution in [1.82, 2.24) is 20.3 Å². The Morgan fingerprint density at radius 3 is 1.65 bits per heavy atom. The summed E-state index contributed by atoms with van der Waals surface area (Å²) in [5.41, 5.74) is 7.31. The number of carbonyl (C=O) groups is 1. The van der Waals surface area contributed by atoms with Crippen LogP contribution >= 0.6 is 0 Å². The molecular weight excluding hydrogens is 462 g/mol. The minimum atomic E-state index is -0.561. The minimum Gasteiger partial charge on any atom is -0.350 e. The van der Waals surface area contributed by atoms with Gasteiger partial charge < -0.3 is 21.3 Å². The predicted octanol–water partition coefficient (Wildman–Crippen LogP) is 5.71. The fourth-order valence-corrected chi connectivity index (χ4v) is 4.10. The van der Waals surface area contributed by atoms with E-state index in [4.69, 9.17) is 0 Å². The number of aromatic nitrogens is 3. The van der Waals surface area contributed by atoms with E-state index in [1.807, 2.05) is 82.3 Å². The van der Waals surface area contributed by atoms with Crippen LogP contribution < -0.4 is 21.3 Å². The molecule has 1 heterocycles. The number of rotatable bonds is 9. The van der Waals surface area contributed by atoms with E-state index in [1.54, 1.807) is 6.92 Å². The van der Waals surface area contributed by atoms with Crippen molar-refractivity contribution in [3.05, 3.63) is 94.5 Å². The first kappa shape index (κ1) is 25.6. The van der Waals surface area contributed by atoms with E-state index in [-0.39, 0.29) is 11.9 Å². The first-order valence-corrected chi connectivity index (χ1v) is 12.3. The molecule has 0 aliphatic rings. The van der Waals surface area contributed by atoms with E-state index in [9.17, 15) is 4.79 Å². The van der Waals surface area contributed by atoms with Crippen LogP contribution in [-0.2, 0) is 11.3 Å². The molecule has 0 spiro atoms. The molecule has 8 heteroatoms. The number of amides is 1. The van der Waals surface area contributed by atoms with Gasteiger partial charge in [-0.2, -0.15) is 15.0 Å². The summed E-state index contributed by atoms with van der Waals surface area (Å²) in [6.45, 7) is 10.4. The number of hydrogen-bond acceptors (Lipinski definition) is 7. The number of benzene rings is 3. The summed E-state index contributed by atoms with van der Waals surface area (Å²) in [5.74, 6) is 0.866. The average molecular weight is 496 g/mol. The average Bonchev–Trinajstić information content (AvgIpc) is 2.81. The summed E-state index contributed by atoms with van der Waals surface area (Å²) in [6.07, 6.45) is 0. The van der Waals surface area contributed by atoms with E-state index in [0.29, 0.717) is 18.4 Å². The van der Waals surface area contributed by atoms with E-state index >= 15 is 0 Å². The predicted molar refractivity (Wildman–Crippen MR) is 150 cm³/mol. The lowest BCUT2D eigenvalue weighted by Gasteiger charge is -2.16. The SMILES string of the molecule is Cc1cc(C)cc(Nc2nc(Nc3cc(C)cc(C)c3)nc(N[C@@H](C)C(=O)NCc3ccccc3)n2)c1. The molecule has 0 unspecified atom stereocenters. The van der Waals surface area contributed by atoms with Crippen LogP contribution in [0.15, 0.2) is 66.7 Å². The fourth-order valence-electron chi connectivity index (χ4n) is 4.10. The zero-order valence-electron chi connectivity index (χ0n) is 21.9. The Kier molecular flexibility index (Phi) is 7.98. The van der Waals surface area contributed by atoms with E-state index in [1.165, 1.54) is 0 Å². The van der Waals surface area contributed by atoms with Gasteiger partial charge in [0, 0.05) is 17.9 Å². The lowest BCUT2D eigenvalue weighted by Crippen LogP contribution is -2.37. The number of nitrogens with one attached hydrogen (secondary N) is 4. The minimum absolute atomic E-state index is 0.156. The Bertz CT molecular complexity index is 1280. The van der Waals surface area contributed by atoms with Gasteiger partial charge >= 0.3 is 0 Å². The van der Waals surface area contributed by atoms with Gasteiger partial charge in [0.05, 0.1) is 0 Å². The van der Waals surface area contributed by atoms with Crippen LogP contribution in [0.4, 0.5) is 29.2 Å². The molecule has 0 radical (unpaired) electrons. The highest BCUT2D eigenvalue weighted by atomic mass is 16.2. The molecule has 190 valence electrons. The van der Waals surface area contributed by atoms with Gasteiger partial charge in [-0.1, -0.05) is 42.5 Å². The van der Waals surface area contributed by atoms with E-state index < -0.39 is 6.04 Å². The molecule has 1 atom stereocenters. The van der Waals surface area contributed by atoms with Gasteiger partial charge in [0.25, 0.3) is 0 Å². The monoisotopic (exact) mass is 495 g/mol. The number of aryl methyl sites for hydroxylation is 4. The van der Waals surface area contributed by atoms with E-state index in [2.05, 4.69) is 48.4 Å².